The van der Waals surface area contributed by atoms with E-state index in [0.29, 0.717) is 5.75 Å². The maximum atomic E-state index is 11.9. The van der Waals surface area contributed by atoms with Crippen molar-refractivity contribution in [1.82, 2.24) is 10.6 Å². The van der Waals surface area contributed by atoms with E-state index in [1.165, 1.54) is 5.56 Å². The summed E-state index contributed by atoms with van der Waals surface area (Å²) in [6.45, 7) is 11.8. The lowest BCUT2D eigenvalue weighted by Gasteiger charge is -2.20. The van der Waals surface area contributed by atoms with Gasteiger partial charge in [0.05, 0.1) is 6.54 Å². The Labute approximate surface area is 138 Å². The molecule has 0 aromatic heterocycles. The molecule has 5 heteroatoms. The van der Waals surface area contributed by atoms with Crippen molar-refractivity contribution in [3.05, 3.63) is 29.8 Å². The molecule has 1 aromatic rings. The number of nitrogens with one attached hydrogen (secondary N) is 2. The van der Waals surface area contributed by atoms with Crippen molar-refractivity contribution >= 4 is 11.8 Å². The largest absolute Gasteiger partial charge is 0.481 e. The number of hydrogen-bond donors (Lipinski definition) is 2. The standard InChI is InChI=1S/C18H28N2O3/c1-12(2)20-16(21)11-19-17(22)13(3)23-15-9-7-14(8-10-15)18(4,5)6/h7-10,12-13H,11H2,1-6H3,(H,19,22)(H,20,21)/t13-/m1/s1. The molecular formula is C18H28N2O3. The molecule has 0 spiro atoms. The van der Waals surface area contributed by atoms with Gasteiger partial charge in [0.25, 0.3) is 5.91 Å². The third-order valence-electron chi connectivity index (χ3n) is 3.28. The first-order valence-corrected chi connectivity index (χ1v) is 7.94. The fraction of sp³-hybridized carbons (Fsp3) is 0.556. The zero-order valence-corrected chi connectivity index (χ0v) is 14.9. The lowest BCUT2D eigenvalue weighted by Crippen LogP contribution is -2.43. The van der Waals surface area contributed by atoms with Crippen LogP contribution in [0.5, 0.6) is 5.75 Å². The maximum Gasteiger partial charge on any atom is 0.261 e. The summed E-state index contributed by atoms with van der Waals surface area (Å²) in [4.78, 5) is 23.5. The molecule has 2 amide bonds. The van der Waals surface area contributed by atoms with Gasteiger partial charge in [-0.2, -0.15) is 0 Å². The van der Waals surface area contributed by atoms with Gasteiger partial charge in [-0.15, -0.1) is 0 Å². The highest BCUT2D eigenvalue weighted by atomic mass is 16.5. The quantitative estimate of drug-likeness (QED) is 0.846. The second-order valence-corrected chi connectivity index (χ2v) is 6.97. The van der Waals surface area contributed by atoms with Crippen LogP contribution in [0.1, 0.15) is 47.1 Å². The van der Waals surface area contributed by atoms with E-state index in [1.807, 2.05) is 38.1 Å². The zero-order valence-electron chi connectivity index (χ0n) is 14.9. The Bertz CT molecular complexity index is 530. The van der Waals surface area contributed by atoms with Crippen LogP contribution in [0.15, 0.2) is 24.3 Å². The third-order valence-corrected chi connectivity index (χ3v) is 3.28. The monoisotopic (exact) mass is 320 g/mol. The van der Waals surface area contributed by atoms with E-state index in [9.17, 15) is 9.59 Å². The Morgan fingerprint density at radius 2 is 1.65 bits per heavy atom. The fourth-order valence-electron chi connectivity index (χ4n) is 1.98. The van der Waals surface area contributed by atoms with Crippen LogP contribution in [-0.2, 0) is 15.0 Å². The van der Waals surface area contributed by atoms with E-state index in [-0.39, 0.29) is 29.8 Å². The lowest BCUT2D eigenvalue weighted by atomic mass is 9.87. The zero-order chi connectivity index (χ0) is 17.6. The van der Waals surface area contributed by atoms with Crippen LogP contribution in [0.4, 0.5) is 0 Å². The van der Waals surface area contributed by atoms with Crippen molar-refractivity contribution in [1.29, 1.82) is 0 Å². The Morgan fingerprint density at radius 3 is 2.13 bits per heavy atom. The third kappa shape index (κ3) is 6.72. The first-order valence-electron chi connectivity index (χ1n) is 7.94. The fourth-order valence-corrected chi connectivity index (χ4v) is 1.98. The molecule has 2 N–H and O–H groups in total. The molecule has 1 rings (SSSR count). The van der Waals surface area contributed by atoms with Crippen LogP contribution in [0, 0.1) is 0 Å². The Hall–Kier alpha value is -2.04. The van der Waals surface area contributed by atoms with Crippen molar-refractivity contribution in [3.8, 4) is 5.75 Å². The summed E-state index contributed by atoms with van der Waals surface area (Å²) in [5, 5.41) is 5.28. The van der Waals surface area contributed by atoms with Crippen LogP contribution in [0.3, 0.4) is 0 Å². The summed E-state index contributed by atoms with van der Waals surface area (Å²) < 4.78 is 5.61. The van der Waals surface area contributed by atoms with Crippen LogP contribution < -0.4 is 15.4 Å². The number of carbonyl (C=O) groups excluding carboxylic acids is 2. The number of carbonyl (C=O) groups is 2. The van der Waals surface area contributed by atoms with Gasteiger partial charge in [0, 0.05) is 6.04 Å². The number of rotatable bonds is 6. The molecular weight excluding hydrogens is 292 g/mol. The van der Waals surface area contributed by atoms with Crippen molar-refractivity contribution in [2.75, 3.05) is 6.54 Å². The van der Waals surface area contributed by atoms with Gasteiger partial charge < -0.3 is 15.4 Å². The van der Waals surface area contributed by atoms with Gasteiger partial charge in [0.1, 0.15) is 5.75 Å². The van der Waals surface area contributed by atoms with Gasteiger partial charge in [-0.3, -0.25) is 9.59 Å². The van der Waals surface area contributed by atoms with Crippen molar-refractivity contribution in [2.45, 2.75) is 59.1 Å². The molecule has 128 valence electrons. The molecule has 5 nitrogen and oxygen atoms in total. The van der Waals surface area contributed by atoms with Crippen molar-refractivity contribution < 1.29 is 14.3 Å². The summed E-state index contributed by atoms with van der Waals surface area (Å²) in [7, 11) is 0. The van der Waals surface area contributed by atoms with E-state index >= 15 is 0 Å². The highest BCUT2D eigenvalue weighted by Gasteiger charge is 2.17. The first kappa shape index (κ1) is 19.0. The van der Waals surface area contributed by atoms with Crippen molar-refractivity contribution in [3.63, 3.8) is 0 Å². The summed E-state index contributed by atoms with van der Waals surface area (Å²) >= 11 is 0. The summed E-state index contributed by atoms with van der Waals surface area (Å²) in [6.07, 6.45) is -0.665. The molecule has 0 aliphatic carbocycles. The lowest BCUT2D eigenvalue weighted by molar-refractivity contribution is -0.130. The first-order chi connectivity index (χ1) is 10.6. The van der Waals surface area contributed by atoms with Crippen LogP contribution in [0.2, 0.25) is 0 Å². The van der Waals surface area contributed by atoms with E-state index in [0.717, 1.165) is 0 Å². The second kappa shape index (κ2) is 7.99. The molecule has 1 aromatic carbocycles. The highest BCUT2D eigenvalue weighted by molar-refractivity contribution is 5.86. The normalized spacial score (nSPS) is 12.7. The van der Waals surface area contributed by atoms with Gasteiger partial charge in [-0.05, 0) is 43.9 Å². The number of hydrogen-bond acceptors (Lipinski definition) is 3. The Balaban J connectivity index is 2.50. The minimum Gasteiger partial charge on any atom is -0.481 e. The molecule has 0 fully saturated rings. The van der Waals surface area contributed by atoms with Gasteiger partial charge >= 0.3 is 0 Å². The SMILES string of the molecule is CC(C)NC(=O)CNC(=O)[C@@H](C)Oc1ccc(C(C)(C)C)cc1. The van der Waals surface area contributed by atoms with Gasteiger partial charge in [-0.25, -0.2) is 0 Å². The molecule has 0 aliphatic rings. The van der Waals surface area contributed by atoms with E-state index < -0.39 is 6.10 Å². The highest BCUT2D eigenvalue weighted by Crippen LogP contribution is 2.24. The molecule has 0 saturated carbocycles. The molecule has 0 heterocycles. The average molecular weight is 320 g/mol. The molecule has 0 bridgehead atoms. The molecule has 0 radical (unpaired) electrons. The van der Waals surface area contributed by atoms with Crippen molar-refractivity contribution in [2.24, 2.45) is 0 Å². The van der Waals surface area contributed by atoms with Gasteiger partial charge in [-0.1, -0.05) is 32.9 Å². The maximum absolute atomic E-state index is 11.9. The predicted octanol–water partition coefficient (Wildman–Crippen LogP) is 2.39. The Kier molecular flexibility index (Phi) is 6.61. The Morgan fingerprint density at radius 1 is 1.09 bits per heavy atom. The van der Waals surface area contributed by atoms with Gasteiger partial charge in [0.15, 0.2) is 6.10 Å². The average Bonchev–Trinajstić information content (AvgIpc) is 2.43. The second-order valence-electron chi connectivity index (χ2n) is 6.97. The number of ether oxygens (including phenoxy) is 1. The minimum absolute atomic E-state index is 0.0479. The summed E-state index contributed by atoms with van der Waals surface area (Å²) in [6, 6.07) is 7.76. The topological polar surface area (TPSA) is 67.4 Å². The summed E-state index contributed by atoms with van der Waals surface area (Å²) in [5.41, 5.74) is 1.28. The molecule has 1 atom stereocenters. The van der Waals surface area contributed by atoms with E-state index in [2.05, 4.69) is 31.4 Å². The van der Waals surface area contributed by atoms with Crippen LogP contribution in [0.25, 0.3) is 0 Å². The summed E-state index contributed by atoms with van der Waals surface area (Å²) in [5.74, 6) is 0.103. The number of benzene rings is 1. The smallest absolute Gasteiger partial charge is 0.261 e. The molecule has 0 saturated heterocycles. The van der Waals surface area contributed by atoms with Crippen LogP contribution >= 0.6 is 0 Å². The predicted molar refractivity (Wildman–Crippen MR) is 91.5 cm³/mol. The van der Waals surface area contributed by atoms with E-state index in [4.69, 9.17) is 4.74 Å². The molecule has 23 heavy (non-hydrogen) atoms. The molecule has 0 unspecified atom stereocenters. The number of amides is 2. The minimum atomic E-state index is -0.665. The van der Waals surface area contributed by atoms with Gasteiger partial charge in [0.2, 0.25) is 5.91 Å². The molecule has 0 aliphatic heterocycles. The van der Waals surface area contributed by atoms with E-state index in [1.54, 1.807) is 6.92 Å². The van der Waals surface area contributed by atoms with Crippen LogP contribution in [-0.4, -0.2) is 30.5 Å².